The number of rotatable bonds is 4. The van der Waals surface area contributed by atoms with Crippen LogP contribution >= 0.6 is 35.6 Å². The number of morpholine rings is 1. The van der Waals surface area contributed by atoms with E-state index in [1.54, 1.807) is 6.07 Å². The number of nitrogens with one attached hydrogen (secondary N) is 1. The topological polar surface area (TPSA) is 40.1 Å². The Labute approximate surface area is 189 Å². The molecule has 2 saturated heterocycles. The summed E-state index contributed by atoms with van der Waals surface area (Å²) < 4.78 is 18.8. The van der Waals surface area contributed by atoms with Crippen molar-refractivity contribution in [2.75, 3.05) is 53.0 Å². The Morgan fingerprint density at radius 1 is 1.32 bits per heavy atom. The monoisotopic (exact) mass is 524 g/mol. The van der Waals surface area contributed by atoms with E-state index in [4.69, 9.17) is 16.3 Å². The summed E-state index contributed by atoms with van der Waals surface area (Å²) in [7, 11) is 1.82. The van der Waals surface area contributed by atoms with Crippen LogP contribution in [-0.4, -0.2) is 74.8 Å². The third-order valence-electron chi connectivity index (χ3n) is 5.59. The minimum absolute atomic E-state index is 0. The first-order chi connectivity index (χ1) is 12.9. The Hall–Kier alpha value is -0.640. The molecule has 1 aromatic carbocycles. The van der Waals surface area contributed by atoms with Crippen molar-refractivity contribution in [2.45, 2.75) is 31.7 Å². The lowest BCUT2D eigenvalue weighted by molar-refractivity contribution is 0.0195. The number of benzene rings is 1. The van der Waals surface area contributed by atoms with Crippen molar-refractivity contribution in [2.24, 2.45) is 4.99 Å². The molecule has 0 spiro atoms. The number of likely N-dealkylation sites (tertiary alicyclic amines) is 1. The standard InChI is InChI=1S/C20H30ClFN4O.HI/c1-20(2,17-5-4-15(22)12-18(17)21)14-24-19(23-3)26-7-6-16(13-26)25-8-10-27-11-9-25;/h4-5,12,16H,6-11,13-14H2,1-3H3,(H,23,24);1H. The van der Waals surface area contributed by atoms with Gasteiger partial charge >= 0.3 is 0 Å². The van der Waals surface area contributed by atoms with Crippen molar-refractivity contribution in [3.8, 4) is 0 Å². The molecule has 0 saturated carbocycles. The molecule has 1 atom stereocenters. The van der Waals surface area contributed by atoms with Crippen LogP contribution in [0.25, 0.3) is 0 Å². The molecular weight excluding hydrogens is 494 g/mol. The van der Waals surface area contributed by atoms with E-state index < -0.39 is 0 Å². The first-order valence-electron chi connectivity index (χ1n) is 9.63. The summed E-state index contributed by atoms with van der Waals surface area (Å²) >= 11 is 6.27. The largest absolute Gasteiger partial charge is 0.379 e. The highest BCUT2D eigenvalue weighted by molar-refractivity contribution is 14.0. The zero-order valence-corrected chi connectivity index (χ0v) is 20.0. The Balaban J connectivity index is 0.00000280. The quantitative estimate of drug-likeness (QED) is 0.373. The summed E-state index contributed by atoms with van der Waals surface area (Å²) in [6.45, 7) is 10.5. The number of aliphatic imine (C=N–C) groups is 1. The fourth-order valence-electron chi connectivity index (χ4n) is 3.94. The van der Waals surface area contributed by atoms with Crippen molar-refractivity contribution in [1.82, 2.24) is 15.1 Å². The van der Waals surface area contributed by atoms with Crippen molar-refractivity contribution >= 4 is 41.5 Å². The van der Waals surface area contributed by atoms with Crippen LogP contribution in [0.2, 0.25) is 5.02 Å². The molecule has 158 valence electrons. The summed E-state index contributed by atoms with van der Waals surface area (Å²) in [4.78, 5) is 9.33. The predicted molar refractivity (Wildman–Crippen MR) is 124 cm³/mol. The third-order valence-corrected chi connectivity index (χ3v) is 5.90. The number of hydrogen-bond acceptors (Lipinski definition) is 3. The fourth-order valence-corrected chi connectivity index (χ4v) is 4.36. The number of guanidine groups is 1. The maximum Gasteiger partial charge on any atom is 0.193 e. The van der Waals surface area contributed by atoms with Crippen LogP contribution in [-0.2, 0) is 10.2 Å². The van der Waals surface area contributed by atoms with Crippen LogP contribution in [0.3, 0.4) is 0 Å². The number of ether oxygens (including phenoxy) is 1. The highest BCUT2D eigenvalue weighted by Gasteiger charge is 2.31. The second-order valence-electron chi connectivity index (χ2n) is 7.95. The van der Waals surface area contributed by atoms with Crippen molar-refractivity contribution < 1.29 is 9.13 Å². The fraction of sp³-hybridized carbons (Fsp3) is 0.650. The Morgan fingerprint density at radius 2 is 2.04 bits per heavy atom. The van der Waals surface area contributed by atoms with Crippen molar-refractivity contribution in [3.63, 3.8) is 0 Å². The van der Waals surface area contributed by atoms with E-state index in [9.17, 15) is 4.39 Å². The van der Waals surface area contributed by atoms with Gasteiger partial charge in [-0.2, -0.15) is 0 Å². The maximum absolute atomic E-state index is 13.4. The van der Waals surface area contributed by atoms with Gasteiger partial charge < -0.3 is 15.0 Å². The van der Waals surface area contributed by atoms with Gasteiger partial charge in [-0.15, -0.1) is 24.0 Å². The lowest BCUT2D eigenvalue weighted by Gasteiger charge is -2.33. The van der Waals surface area contributed by atoms with Crippen LogP contribution in [0.5, 0.6) is 0 Å². The van der Waals surface area contributed by atoms with Gasteiger partial charge in [0, 0.05) is 56.3 Å². The molecule has 0 aromatic heterocycles. The second-order valence-corrected chi connectivity index (χ2v) is 8.35. The molecule has 0 radical (unpaired) electrons. The molecule has 5 nitrogen and oxygen atoms in total. The van der Waals surface area contributed by atoms with E-state index in [2.05, 4.69) is 34.0 Å². The molecule has 1 aromatic rings. The lowest BCUT2D eigenvalue weighted by atomic mass is 9.84. The van der Waals surface area contributed by atoms with Gasteiger partial charge in [-0.25, -0.2) is 4.39 Å². The summed E-state index contributed by atoms with van der Waals surface area (Å²) in [5, 5.41) is 3.96. The summed E-state index contributed by atoms with van der Waals surface area (Å²) in [5.74, 6) is 0.603. The van der Waals surface area contributed by atoms with Crippen LogP contribution in [0.15, 0.2) is 23.2 Å². The molecule has 1 unspecified atom stereocenters. The molecule has 1 N–H and O–H groups in total. The minimum Gasteiger partial charge on any atom is -0.379 e. The minimum atomic E-state index is -0.311. The third kappa shape index (κ3) is 5.70. The second kappa shape index (κ2) is 10.4. The molecular formula is C20H31ClFIN4O. The van der Waals surface area contributed by atoms with Gasteiger partial charge in [0.05, 0.1) is 13.2 Å². The molecule has 2 aliphatic heterocycles. The van der Waals surface area contributed by atoms with Gasteiger partial charge in [0.2, 0.25) is 0 Å². The zero-order valence-electron chi connectivity index (χ0n) is 16.9. The molecule has 0 bridgehead atoms. The molecule has 28 heavy (non-hydrogen) atoms. The van der Waals surface area contributed by atoms with Gasteiger partial charge in [0.25, 0.3) is 0 Å². The van der Waals surface area contributed by atoms with Gasteiger partial charge in [0.15, 0.2) is 5.96 Å². The molecule has 8 heteroatoms. The summed E-state index contributed by atoms with van der Waals surface area (Å²) in [5.41, 5.74) is 0.686. The Bertz CT molecular complexity index is 682. The first kappa shape index (κ1) is 23.6. The van der Waals surface area contributed by atoms with Crippen LogP contribution < -0.4 is 5.32 Å². The Kier molecular flexibility index (Phi) is 8.79. The number of nitrogens with zero attached hydrogens (tertiary/aromatic N) is 3. The summed E-state index contributed by atoms with van der Waals surface area (Å²) in [6.07, 6.45) is 1.15. The van der Waals surface area contributed by atoms with Gasteiger partial charge in [-0.05, 0) is 24.1 Å². The number of hydrogen-bond donors (Lipinski definition) is 1. The zero-order chi connectivity index (χ0) is 19.4. The van der Waals surface area contributed by atoms with E-state index in [0.717, 1.165) is 57.3 Å². The van der Waals surface area contributed by atoms with E-state index in [1.807, 2.05) is 7.05 Å². The average Bonchev–Trinajstić information content (AvgIpc) is 3.12. The summed E-state index contributed by atoms with van der Waals surface area (Å²) in [6, 6.07) is 5.17. The van der Waals surface area contributed by atoms with Gasteiger partial charge in [-0.1, -0.05) is 31.5 Å². The van der Waals surface area contributed by atoms with Gasteiger partial charge in [-0.3, -0.25) is 9.89 Å². The van der Waals surface area contributed by atoms with Crippen LogP contribution in [0.4, 0.5) is 4.39 Å². The molecule has 2 heterocycles. The highest BCUT2D eigenvalue weighted by atomic mass is 127. The molecule has 2 aliphatic rings. The molecule has 0 aliphatic carbocycles. The molecule has 2 fully saturated rings. The number of halogens is 3. The highest BCUT2D eigenvalue weighted by Crippen LogP contribution is 2.30. The SMILES string of the molecule is CN=C(NCC(C)(C)c1ccc(F)cc1Cl)N1CCC(N2CCOCC2)C1.I. The average molecular weight is 525 g/mol. The van der Waals surface area contributed by atoms with E-state index >= 15 is 0 Å². The molecule has 0 amide bonds. The molecule has 3 rings (SSSR count). The van der Waals surface area contributed by atoms with E-state index in [-0.39, 0.29) is 35.2 Å². The smallest absolute Gasteiger partial charge is 0.193 e. The van der Waals surface area contributed by atoms with Gasteiger partial charge in [0.1, 0.15) is 5.82 Å². The Morgan fingerprint density at radius 3 is 2.68 bits per heavy atom. The van der Waals surface area contributed by atoms with Crippen LogP contribution in [0.1, 0.15) is 25.8 Å². The van der Waals surface area contributed by atoms with E-state index in [1.165, 1.54) is 12.1 Å². The lowest BCUT2D eigenvalue weighted by Crippen LogP contribution is -2.48. The van der Waals surface area contributed by atoms with E-state index in [0.29, 0.717) is 17.6 Å². The normalized spacial score (nSPS) is 21.5. The van der Waals surface area contributed by atoms with Crippen molar-refractivity contribution in [1.29, 1.82) is 0 Å². The maximum atomic E-state index is 13.4. The first-order valence-corrected chi connectivity index (χ1v) is 10.0. The predicted octanol–water partition coefficient (Wildman–Crippen LogP) is 3.36. The van der Waals surface area contributed by atoms with Crippen LogP contribution in [0, 0.1) is 5.82 Å². The van der Waals surface area contributed by atoms with Crippen molar-refractivity contribution in [3.05, 3.63) is 34.6 Å².